The number of nitro benzene ring substituents is 1. The monoisotopic (exact) mass is 295 g/mol. The molecule has 0 atom stereocenters. The minimum absolute atomic E-state index is 0.0240. The van der Waals surface area contributed by atoms with Gasteiger partial charge in [-0.25, -0.2) is 0 Å². The molecule has 0 amide bonds. The molecule has 118 valence electrons. The maximum absolute atomic E-state index is 11.2. The number of rotatable bonds is 8. The Labute approximate surface area is 125 Å². The van der Waals surface area contributed by atoms with Crippen LogP contribution in [-0.2, 0) is 6.54 Å². The first-order chi connectivity index (χ1) is 9.83. The zero-order valence-electron chi connectivity index (χ0n) is 13.2. The molecule has 0 aliphatic heterocycles. The number of aliphatic hydroxyl groups excluding tert-OH is 1. The largest absolute Gasteiger partial charge is 0.394 e. The Balaban J connectivity index is 3.10. The van der Waals surface area contributed by atoms with Crippen molar-refractivity contribution in [1.82, 2.24) is 4.90 Å². The number of hydrogen-bond acceptors (Lipinski definition) is 5. The molecule has 0 unspecified atom stereocenters. The molecule has 1 aromatic carbocycles. The van der Waals surface area contributed by atoms with E-state index >= 15 is 0 Å². The topological polar surface area (TPSA) is 78.6 Å². The highest BCUT2D eigenvalue weighted by Crippen LogP contribution is 2.30. The summed E-state index contributed by atoms with van der Waals surface area (Å²) in [6.07, 6.45) is 0.892. The molecule has 0 saturated heterocycles. The van der Waals surface area contributed by atoms with Gasteiger partial charge in [-0.1, -0.05) is 19.1 Å². The lowest BCUT2D eigenvalue weighted by Gasteiger charge is -2.34. The average Bonchev–Trinajstić information content (AvgIpc) is 2.45. The quantitative estimate of drug-likeness (QED) is 0.569. The molecule has 2 N–H and O–H groups in total. The molecule has 0 aliphatic rings. The van der Waals surface area contributed by atoms with Crippen molar-refractivity contribution >= 4 is 11.4 Å². The van der Waals surface area contributed by atoms with Gasteiger partial charge in [0.25, 0.3) is 5.69 Å². The molecule has 6 heteroatoms. The summed E-state index contributed by atoms with van der Waals surface area (Å²) >= 11 is 0. The zero-order valence-corrected chi connectivity index (χ0v) is 13.2. The van der Waals surface area contributed by atoms with E-state index in [9.17, 15) is 15.2 Å². The summed E-state index contributed by atoms with van der Waals surface area (Å²) in [5.74, 6) is 0. The fraction of sp³-hybridized carbons (Fsp3) is 0.600. The van der Waals surface area contributed by atoms with E-state index < -0.39 is 0 Å². The van der Waals surface area contributed by atoms with Crippen LogP contribution < -0.4 is 5.32 Å². The number of nitro groups is 1. The standard InChI is InChI=1S/C15H25N3O3/c1-5-9-16-14-12(7-6-8-13(14)18(20)21)10-17(4)15(2,3)11-19/h6-8,16,19H,5,9-11H2,1-4H3. The van der Waals surface area contributed by atoms with Gasteiger partial charge >= 0.3 is 0 Å². The predicted molar refractivity (Wildman–Crippen MR) is 84.5 cm³/mol. The maximum Gasteiger partial charge on any atom is 0.292 e. The number of nitrogens with zero attached hydrogens (tertiary/aromatic N) is 2. The van der Waals surface area contributed by atoms with Crippen LogP contribution >= 0.6 is 0 Å². The Morgan fingerprint density at radius 3 is 2.62 bits per heavy atom. The molecule has 0 radical (unpaired) electrons. The summed E-state index contributed by atoms with van der Waals surface area (Å²) in [7, 11) is 1.90. The number of benzene rings is 1. The van der Waals surface area contributed by atoms with Crippen LogP contribution in [0.2, 0.25) is 0 Å². The Kier molecular flexibility index (Phi) is 6.11. The van der Waals surface area contributed by atoms with E-state index in [2.05, 4.69) is 5.32 Å². The van der Waals surface area contributed by atoms with Crippen LogP contribution in [0.25, 0.3) is 0 Å². The van der Waals surface area contributed by atoms with E-state index in [4.69, 9.17) is 0 Å². The van der Waals surface area contributed by atoms with Crippen molar-refractivity contribution in [2.75, 3.05) is 25.5 Å². The van der Waals surface area contributed by atoms with Crippen molar-refractivity contribution in [3.8, 4) is 0 Å². The third-order valence-electron chi connectivity index (χ3n) is 3.71. The van der Waals surface area contributed by atoms with Crippen LogP contribution in [0.5, 0.6) is 0 Å². The lowest BCUT2D eigenvalue weighted by atomic mass is 10.0. The normalized spacial score (nSPS) is 11.7. The van der Waals surface area contributed by atoms with Gasteiger partial charge in [-0.15, -0.1) is 0 Å². The SMILES string of the molecule is CCCNc1c(CN(C)C(C)(C)CO)cccc1[N+](=O)[O-]. The van der Waals surface area contributed by atoms with Crippen molar-refractivity contribution in [2.24, 2.45) is 0 Å². The number of hydrogen-bond donors (Lipinski definition) is 2. The maximum atomic E-state index is 11.2. The van der Waals surface area contributed by atoms with Crippen molar-refractivity contribution in [2.45, 2.75) is 39.3 Å². The molecule has 0 spiro atoms. The molecule has 1 rings (SSSR count). The number of likely N-dealkylation sites (N-methyl/N-ethyl adjacent to an activating group) is 1. The van der Waals surface area contributed by atoms with Gasteiger partial charge in [-0.3, -0.25) is 15.0 Å². The molecule has 0 aliphatic carbocycles. The summed E-state index contributed by atoms with van der Waals surface area (Å²) < 4.78 is 0. The second-order valence-electron chi connectivity index (χ2n) is 5.82. The van der Waals surface area contributed by atoms with Gasteiger partial charge in [0.1, 0.15) is 5.69 Å². The highest BCUT2D eigenvalue weighted by molar-refractivity contribution is 5.66. The number of nitrogens with one attached hydrogen (secondary N) is 1. The van der Waals surface area contributed by atoms with Gasteiger partial charge in [0.2, 0.25) is 0 Å². The van der Waals surface area contributed by atoms with Gasteiger partial charge in [0.05, 0.1) is 11.5 Å². The third-order valence-corrected chi connectivity index (χ3v) is 3.71. The zero-order chi connectivity index (χ0) is 16.0. The second-order valence-corrected chi connectivity index (χ2v) is 5.82. The van der Waals surface area contributed by atoms with Crippen LogP contribution in [0, 0.1) is 10.1 Å². The summed E-state index contributed by atoms with van der Waals surface area (Å²) in [6, 6.07) is 5.10. The highest BCUT2D eigenvalue weighted by Gasteiger charge is 2.25. The molecular weight excluding hydrogens is 270 g/mol. The molecule has 0 saturated carbocycles. The molecule has 1 aromatic rings. The molecule has 6 nitrogen and oxygen atoms in total. The first kappa shape index (κ1) is 17.4. The second kappa shape index (κ2) is 7.38. The highest BCUT2D eigenvalue weighted by atomic mass is 16.6. The van der Waals surface area contributed by atoms with Crippen LogP contribution in [0.4, 0.5) is 11.4 Å². The van der Waals surface area contributed by atoms with E-state index in [0.717, 1.165) is 12.0 Å². The Bertz CT molecular complexity index is 489. The summed E-state index contributed by atoms with van der Waals surface area (Å²) in [6.45, 7) is 7.12. The van der Waals surface area contributed by atoms with Crippen molar-refractivity contribution < 1.29 is 10.0 Å². The van der Waals surface area contributed by atoms with Crippen molar-refractivity contribution in [3.05, 3.63) is 33.9 Å². The fourth-order valence-corrected chi connectivity index (χ4v) is 1.91. The van der Waals surface area contributed by atoms with E-state index in [1.165, 1.54) is 6.07 Å². The minimum atomic E-state index is -0.382. The summed E-state index contributed by atoms with van der Waals surface area (Å²) in [5.41, 5.74) is 1.15. The molecule has 0 heterocycles. The first-order valence-corrected chi connectivity index (χ1v) is 7.15. The van der Waals surface area contributed by atoms with E-state index in [1.54, 1.807) is 6.07 Å². The molecule has 0 bridgehead atoms. The van der Waals surface area contributed by atoms with E-state index in [1.807, 2.05) is 38.8 Å². The molecule has 0 fully saturated rings. The number of para-hydroxylation sites is 1. The lowest BCUT2D eigenvalue weighted by Crippen LogP contribution is -2.43. The molecule has 0 aromatic heterocycles. The number of anilines is 1. The van der Waals surface area contributed by atoms with Crippen molar-refractivity contribution in [1.29, 1.82) is 0 Å². The van der Waals surface area contributed by atoms with Crippen molar-refractivity contribution in [3.63, 3.8) is 0 Å². The number of aliphatic hydroxyl groups is 1. The summed E-state index contributed by atoms with van der Waals surface area (Å²) in [4.78, 5) is 12.8. The average molecular weight is 295 g/mol. The molecule has 21 heavy (non-hydrogen) atoms. The third kappa shape index (κ3) is 4.41. The van der Waals surface area contributed by atoms with E-state index in [-0.39, 0.29) is 22.8 Å². The predicted octanol–water partition coefficient (Wildman–Crippen LogP) is 2.62. The van der Waals surface area contributed by atoms with Crippen LogP contribution in [0.1, 0.15) is 32.8 Å². The van der Waals surface area contributed by atoms with Gasteiger partial charge in [0, 0.05) is 24.7 Å². The van der Waals surface area contributed by atoms with Gasteiger partial charge < -0.3 is 10.4 Å². The smallest absolute Gasteiger partial charge is 0.292 e. The van der Waals surface area contributed by atoms with Crippen LogP contribution in [0.15, 0.2) is 18.2 Å². The summed E-state index contributed by atoms with van der Waals surface area (Å²) in [5, 5.41) is 23.8. The lowest BCUT2D eigenvalue weighted by molar-refractivity contribution is -0.384. The van der Waals surface area contributed by atoms with Gasteiger partial charge in [0.15, 0.2) is 0 Å². The van der Waals surface area contributed by atoms with E-state index in [0.29, 0.717) is 18.8 Å². The minimum Gasteiger partial charge on any atom is -0.394 e. The Morgan fingerprint density at radius 1 is 1.43 bits per heavy atom. The Morgan fingerprint density at radius 2 is 2.10 bits per heavy atom. The Hall–Kier alpha value is -1.66. The van der Waals surface area contributed by atoms with Gasteiger partial charge in [-0.05, 0) is 32.9 Å². The first-order valence-electron chi connectivity index (χ1n) is 7.15. The fourth-order valence-electron chi connectivity index (χ4n) is 1.91. The molecular formula is C15H25N3O3. The van der Waals surface area contributed by atoms with Gasteiger partial charge in [-0.2, -0.15) is 0 Å². The van der Waals surface area contributed by atoms with Crippen LogP contribution in [0.3, 0.4) is 0 Å². The van der Waals surface area contributed by atoms with Crippen LogP contribution in [-0.4, -0.2) is 40.7 Å².